The van der Waals surface area contributed by atoms with Gasteiger partial charge in [-0.05, 0) is 105 Å². The van der Waals surface area contributed by atoms with Crippen molar-refractivity contribution in [1.82, 2.24) is 4.90 Å². The van der Waals surface area contributed by atoms with Gasteiger partial charge in [0.15, 0.2) is 18.1 Å². The van der Waals surface area contributed by atoms with Gasteiger partial charge in [0.2, 0.25) is 0 Å². The topological polar surface area (TPSA) is 84.9 Å². The Morgan fingerprint density at radius 1 is 1.00 bits per heavy atom. The number of thioether (sulfide) groups is 1. The number of imide groups is 1. The summed E-state index contributed by atoms with van der Waals surface area (Å²) >= 11 is 3.01. The van der Waals surface area contributed by atoms with Crippen molar-refractivity contribution in [3.8, 4) is 11.5 Å². The molecule has 0 unspecified atom stereocenters. The Morgan fingerprint density at radius 3 is 2.58 bits per heavy atom. The zero-order valence-corrected chi connectivity index (χ0v) is 24.7. The number of halogens is 1. The van der Waals surface area contributed by atoms with E-state index in [1.165, 1.54) is 12.0 Å². The second-order valence-corrected chi connectivity index (χ2v) is 11.3. The summed E-state index contributed by atoms with van der Waals surface area (Å²) in [6.07, 6.45) is 1.67. The predicted octanol–water partition coefficient (Wildman–Crippen LogP) is 7.02. The first kappa shape index (κ1) is 27.7. The van der Waals surface area contributed by atoms with Crippen molar-refractivity contribution in [3.05, 3.63) is 104 Å². The first-order chi connectivity index (χ1) is 19.3. The van der Waals surface area contributed by atoms with Gasteiger partial charge in [-0.15, -0.1) is 0 Å². The van der Waals surface area contributed by atoms with Gasteiger partial charge in [0.05, 0.1) is 22.1 Å². The van der Waals surface area contributed by atoms with Crippen LogP contribution in [0.25, 0.3) is 16.8 Å². The molecule has 40 heavy (non-hydrogen) atoms. The summed E-state index contributed by atoms with van der Waals surface area (Å²) in [5.41, 5.74) is 3.29. The summed E-state index contributed by atoms with van der Waals surface area (Å²) in [6.45, 7) is 1.95. The minimum atomic E-state index is -0.342. The molecule has 0 spiro atoms. The zero-order valence-electron chi connectivity index (χ0n) is 21.8. The number of amides is 3. The lowest BCUT2D eigenvalue weighted by molar-refractivity contribution is -0.123. The summed E-state index contributed by atoms with van der Waals surface area (Å²) in [6, 6.07) is 24.9. The van der Waals surface area contributed by atoms with E-state index in [0.29, 0.717) is 31.2 Å². The van der Waals surface area contributed by atoms with Gasteiger partial charge in [0.25, 0.3) is 17.1 Å². The molecule has 1 saturated heterocycles. The van der Waals surface area contributed by atoms with Crippen LogP contribution in [-0.4, -0.2) is 35.7 Å². The number of methoxy groups -OCH3 is 1. The average Bonchev–Trinajstić information content (AvgIpc) is 3.19. The zero-order chi connectivity index (χ0) is 28.2. The van der Waals surface area contributed by atoms with Crippen molar-refractivity contribution < 1.29 is 23.9 Å². The van der Waals surface area contributed by atoms with E-state index in [9.17, 15) is 14.4 Å². The van der Waals surface area contributed by atoms with Crippen molar-refractivity contribution in [2.24, 2.45) is 0 Å². The Kier molecular flexibility index (Phi) is 8.41. The summed E-state index contributed by atoms with van der Waals surface area (Å²) in [5, 5.41) is 4.66. The number of carbonyl (C=O) groups excluding carboxylic acids is 3. The van der Waals surface area contributed by atoms with E-state index in [-0.39, 0.29) is 30.2 Å². The van der Waals surface area contributed by atoms with Gasteiger partial charge in [0.1, 0.15) is 0 Å². The Hall–Kier alpha value is -3.83. The van der Waals surface area contributed by atoms with Crippen molar-refractivity contribution >= 4 is 73.9 Å². The van der Waals surface area contributed by atoms with Crippen molar-refractivity contribution in [1.29, 1.82) is 0 Å². The summed E-state index contributed by atoms with van der Waals surface area (Å²) < 4.78 is 12.0. The van der Waals surface area contributed by atoms with Crippen LogP contribution in [0.15, 0.2) is 83.8 Å². The highest BCUT2D eigenvalue weighted by atomic mass is 127. The number of carbonyl (C=O) groups is 3. The van der Waals surface area contributed by atoms with E-state index in [1.807, 2.05) is 79.7 Å². The van der Waals surface area contributed by atoms with Gasteiger partial charge >= 0.3 is 0 Å². The van der Waals surface area contributed by atoms with E-state index in [0.717, 1.165) is 33.7 Å². The molecular formula is C31H25IN2O5S. The van der Waals surface area contributed by atoms with Crippen LogP contribution < -0.4 is 14.8 Å². The second-order valence-electron chi connectivity index (χ2n) is 9.19. The lowest BCUT2D eigenvalue weighted by Crippen LogP contribution is -2.27. The number of fused-ring (bicyclic) bond motifs is 1. The van der Waals surface area contributed by atoms with E-state index < -0.39 is 0 Å². The number of anilines is 1. The normalized spacial score (nSPS) is 14.2. The van der Waals surface area contributed by atoms with Crippen LogP contribution in [0.1, 0.15) is 16.7 Å². The highest BCUT2D eigenvalue weighted by molar-refractivity contribution is 14.1. The van der Waals surface area contributed by atoms with Crippen molar-refractivity contribution in [3.63, 3.8) is 0 Å². The first-order valence-electron chi connectivity index (χ1n) is 12.4. The van der Waals surface area contributed by atoms with Crippen LogP contribution >= 0.6 is 34.4 Å². The molecule has 7 nitrogen and oxygen atoms in total. The molecule has 5 rings (SSSR count). The molecule has 4 aromatic carbocycles. The minimum absolute atomic E-state index is 0.199. The molecule has 0 bridgehead atoms. The Labute approximate surface area is 249 Å². The largest absolute Gasteiger partial charge is 0.493 e. The molecule has 4 aromatic rings. The fourth-order valence-electron chi connectivity index (χ4n) is 4.33. The third-order valence-electron chi connectivity index (χ3n) is 6.23. The molecule has 0 aromatic heterocycles. The lowest BCUT2D eigenvalue weighted by Gasteiger charge is -2.14. The number of nitrogens with one attached hydrogen (secondary N) is 1. The number of aryl methyl sites for hydroxylation is 1. The summed E-state index contributed by atoms with van der Waals surface area (Å²) in [4.78, 5) is 39.9. The Morgan fingerprint density at radius 2 is 1.80 bits per heavy atom. The monoisotopic (exact) mass is 664 g/mol. The third kappa shape index (κ3) is 6.31. The Bertz CT molecular complexity index is 1670. The standard InChI is InChI=1S/C31H25IN2O5S/c1-19-6-5-9-24(12-19)33-28(35)18-39-29-25(32)14-21(15-26(29)38-2)16-27-30(36)34(31(37)40-27)17-20-10-11-22-7-3-4-8-23(22)13-20/h3-16H,17-18H2,1-2H3,(H,33,35)/b27-16-. The van der Waals surface area contributed by atoms with E-state index in [1.54, 1.807) is 12.1 Å². The molecular weight excluding hydrogens is 639 g/mol. The highest BCUT2D eigenvalue weighted by Crippen LogP contribution is 2.38. The predicted molar refractivity (Wildman–Crippen MR) is 166 cm³/mol. The lowest BCUT2D eigenvalue weighted by atomic mass is 10.1. The van der Waals surface area contributed by atoms with Crippen molar-refractivity contribution in [2.45, 2.75) is 13.5 Å². The SMILES string of the molecule is COc1cc(/C=C2\SC(=O)N(Cc3ccc4ccccc4c3)C2=O)cc(I)c1OCC(=O)Nc1cccc(C)c1. The fraction of sp³-hybridized carbons (Fsp3) is 0.129. The second kappa shape index (κ2) is 12.1. The van der Waals surface area contributed by atoms with Crippen LogP contribution in [0.2, 0.25) is 0 Å². The van der Waals surface area contributed by atoms with E-state index in [4.69, 9.17) is 9.47 Å². The fourth-order valence-corrected chi connectivity index (χ4v) is 5.95. The molecule has 0 atom stereocenters. The molecule has 0 saturated carbocycles. The van der Waals surface area contributed by atoms with E-state index in [2.05, 4.69) is 27.9 Å². The molecule has 3 amide bonds. The van der Waals surface area contributed by atoms with Gasteiger partial charge in [-0.25, -0.2) is 0 Å². The number of hydrogen-bond donors (Lipinski definition) is 1. The van der Waals surface area contributed by atoms with Gasteiger partial charge < -0.3 is 14.8 Å². The quantitative estimate of drug-likeness (QED) is 0.161. The smallest absolute Gasteiger partial charge is 0.293 e. The number of rotatable bonds is 8. The van der Waals surface area contributed by atoms with Crippen LogP contribution in [0.5, 0.6) is 11.5 Å². The molecule has 1 fully saturated rings. The van der Waals surface area contributed by atoms with E-state index >= 15 is 0 Å². The highest BCUT2D eigenvalue weighted by Gasteiger charge is 2.35. The molecule has 0 aliphatic carbocycles. The molecule has 1 N–H and O–H groups in total. The number of benzene rings is 4. The van der Waals surface area contributed by atoms with Gasteiger partial charge in [-0.1, -0.05) is 48.5 Å². The van der Waals surface area contributed by atoms with Gasteiger partial charge in [-0.2, -0.15) is 0 Å². The maximum Gasteiger partial charge on any atom is 0.293 e. The third-order valence-corrected chi connectivity index (χ3v) is 7.94. The summed E-state index contributed by atoms with van der Waals surface area (Å²) in [7, 11) is 1.51. The average molecular weight is 665 g/mol. The van der Waals surface area contributed by atoms with Crippen LogP contribution in [-0.2, 0) is 16.1 Å². The number of ether oxygens (including phenoxy) is 2. The molecule has 9 heteroatoms. The number of hydrogen-bond acceptors (Lipinski definition) is 6. The molecule has 1 heterocycles. The maximum atomic E-state index is 13.2. The van der Waals surface area contributed by atoms with Crippen LogP contribution in [0, 0.1) is 10.5 Å². The first-order valence-corrected chi connectivity index (χ1v) is 14.3. The number of nitrogens with zero attached hydrogens (tertiary/aromatic N) is 1. The molecule has 0 radical (unpaired) electrons. The maximum absolute atomic E-state index is 13.2. The molecule has 1 aliphatic heterocycles. The Balaban J connectivity index is 1.29. The van der Waals surface area contributed by atoms with Crippen LogP contribution in [0.3, 0.4) is 0 Å². The minimum Gasteiger partial charge on any atom is -0.493 e. The molecule has 202 valence electrons. The van der Waals surface area contributed by atoms with Crippen molar-refractivity contribution in [2.75, 3.05) is 19.0 Å². The molecule has 1 aliphatic rings. The van der Waals surface area contributed by atoms with Gasteiger partial charge in [0, 0.05) is 5.69 Å². The van der Waals surface area contributed by atoms with Crippen LogP contribution in [0.4, 0.5) is 10.5 Å². The van der Waals surface area contributed by atoms with Gasteiger partial charge in [-0.3, -0.25) is 19.3 Å². The summed E-state index contributed by atoms with van der Waals surface area (Å²) in [5.74, 6) is 0.193.